The predicted octanol–water partition coefficient (Wildman–Crippen LogP) is 2.02. The highest BCUT2D eigenvalue weighted by Crippen LogP contribution is 2.18. The van der Waals surface area contributed by atoms with E-state index >= 15 is 0 Å². The number of rotatable bonds is 5. The molecule has 1 aromatic carbocycles. The van der Waals surface area contributed by atoms with Crippen LogP contribution in [0.15, 0.2) is 54.3 Å². The van der Waals surface area contributed by atoms with Crippen LogP contribution in [0.5, 0.6) is 0 Å². The first-order valence-electron chi connectivity index (χ1n) is 6.80. The van der Waals surface area contributed by atoms with Crippen LogP contribution in [-0.2, 0) is 13.1 Å². The van der Waals surface area contributed by atoms with Gasteiger partial charge in [0.2, 0.25) is 0 Å². The van der Waals surface area contributed by atoms with Crippen molar-refractivity contribution in [3.05, 3.63) is 54.7 Å². The van der Waals surface area contributed by atoms with Gasteiger partial charge in [0.25, 0.3) is 0 Å². The molecule has 3 N–H and O–H groups in total. The topological polar surface area (TPSA) is 81.4 Å². The zero-order valence-corrected chi connectivity index (χ0v) is 11.6. The molecule has 0 radical (unpaired) electrons. The molecular weight excluding hydrogens is 266 g/mol. The maximum atomic E-state index is 8.72. The van der Waals surface area contributed by atoms with Crippen LogP contribution >= 0.6 is 0 Å². The molecule has 0 saturated carbocycles. The monoisotopic (exact) mass is 283 g/mol. The van der Waals surface area contributed by atoms with E-state index in [1.807, 2.05) is 36.8 Å². The van der Waals surface area contributed by atoms with E-state index in [-0.39, 0.29) is 5.84 Å². The fourth-order valence-electron chi connectivity index (χ4n) is 2.45. The van der Waals surface area contributed by atoms with Crippen LogP contribution in [0.2, 0.25) is 0 Å². The van der Waals surface area contributed by atoms with Crippen LogP contribution in [0.1, 0.15) is 12.0 Å². The molecule has 3 rings (SSSR count). The van der Waals surface area contributed by atoms with Gasteiger partial charge < -0.3 is 20.1 Å². The Labute approximate surface area is 122 Å². The Morgan fingerprint density at radius 3 is 2.90 bits per heavy atom. The number of aryl methyl sites for hydroxylation is 2. The number of hydrogen-bond donors (Lipinski definition) is 2. The number of benzene rings is 1. The van der Waals surface area contributed by atoms with Gasteiger partial charge in [0.1, 0.15) is 0 Å². The van der Waals surface area contributed by atoms with E-state index in [0.29, 0.717) is 0 Å². The summed E-state index contributed by atoms with van der Waals surface area (Å²) in [4.78, 5) is 4.03. The second-order valence-electron chi connectivity index (χ2n) is 4.92. The lowest BCUT2D eigenvalue weighted by Crippen LogP contribution is -2.12. The van der Waals surface area contributed by atoms with E-state index < -0.39 is 0 Å². The standard InChI is InChI=1S/C15H17N5O/c16-15(18-21)13-2-3-14-12(10-13)4-8-20(14)7-1-6-19-9-5-17-11-19/h2-5,8-11,21H,1,6-7H2,(H2,16,18). The summed E-state index contributed by atoms with van der Waals surface area (Å²) < 4.78 is 4.28. The zero-order valence-electron chi connectivity index (χ0n) is 11.6. The first-order valence-corrected chi connectivity index (χ1v) is 6.80. The van der Waals surface area contributed by atoms with Crippen LogP contribution in [-0.4, -0.2) is 25.2 Å². The fourth-order valence-corrected chi connectivity index (χ4v) is 2.45. The molecule has 0 atom stereocenters. The number of nitrogens with two attached hydrogens (primary N) is 1. The smallest absolute Gasteiger partial charge is 0.170 e. The first-order chi connectivity index (χ1) is 10.3. The van der Waals surface area contributed by atoms with Gasteiger partial charge in [-0.05, 0) is 30.7 Å². The molecule has 0 unspecified atom stereocenters. The van der Waals surface area contributed by atoms with E-state index in [9.17, 15) is 0 Å². The maximum Gasteiger partial charge on any atom is 0.170 e. The lowest BCUT2D eigenvalue weighted by Gasteiger charge is -2.07. The summed E-state index contributed by atoms with van der Waals surface area (Å²) >= 11 is 0. The van der Waals surface area contributed by atoms with Gasteiger partial charge in [-0.2, -0.15) is 0 Å². The molecule has 6 nitrogen and oxygen atoms in total. The average Bonchev–Trinajstić information content (AvgIpc) is 3.16. The number of imidazole rings is 1. The predicted molar refractivity (Wildman–Crippen MR) is 81.3 cm³/mol. The number of oxime groups is 1. The van der Waals surface area contributed by atoms with Crippen molar-refractivity contribution in [2.24, 2.45) is 10.9 Å². The largest absolute Gasteiger partial charge is 0.409 e. The molecule has 108 valence electrons. The third-order valence-corrected chi connectivity index (χ3v) is 3.55. The lowest BCUT2D eigenvalue weighted by atomic mass is 10.1. The SMILES string of the molecule is N/C(=N/O)c1ccc2c(ccn2CCCn2ccnc2)c1. The van der Waals surface area contributed by atoms with Crippen molar-refractivity contribution < 1.29 is 5.21 Å². The molecule has 3 aromatic rings. The Kier molecular flexibility index (Phi) is 3.59. The van der Waals surface area contributed by atoms with E-state index in [0.717, 1.165) is 36.0 Å². The molecule has 0 aliphatic heterocycles. The maximum absolute atomic E-state index is 8.72. The molecule has 21 heavy (non-hydrogen) atoms. The minimum atomic E-state index is 0.129. The molecule has 2 aromatic heterocycles. The lowest BCUT2D eigenvalue weighted by molar-refractivity contribution is 0.318. The minimum Gasteiger partial charge on any atom is -0.409 e. The average molecular weight is 283 g/mol. The van der Waals surface area contributed by atoms with Crippen molar-refractivity contribution in [3.63, 3.8) is 0 Å². The molecule has 0 bridgehead atoms. The third kappa shape index (κ3) is 2.74. The highest BCUT2D eigenvalue weighted by atomic mass is 16.4. The summed E-state index contributed by atoms with van der Waals surface area (Å²) in [6.45, 7) is 1.88. The summed E-state index contributed by atoms with van der Waals surface area (Å²) in [6.07, 6.45) is 8.69. The number of nitrogens with zero attached hydrogens (tertiary/aromatic N) is 4. The molecule has 2 heterocycles. The Bertz CT molecular complexity index is 758. The van der Waals surface area contributed by atoms with Crippen LogP contribution < -0.4 is 5.73 Å². The molecule has 0 saturated heterocycles. The summed E-state index contributed by atoms with van der Waals surface area (Å²) in [6, 6.07) is 7.83. The van der Waals surface area contributed by atoms with Crippen molar-refractivity contribution in [3.8, 4) is 0 Å². The first kappa shape index (κ1) is 13.2. The normalized spacial score (nSPS) is 12.1. The van der Waals surface area contributed by atoms with Crippen molar-refractivity contribution in [1.82, 2.24) is 14.1 Å². The van der Waals surface area contributed by atoms with Crippen LogP contribution in [0.25, 0.3) is 10.9 Å². The van der Waals surface area contributed by atoms with Crippen LogP contribution in [0.4, 0.5) is 0 Å². The molecular formula is C15H17N5O. The third-order valence-electron chi connectivity index (χ3n) is 3.55. The van der Waals surface area contributed by atoms with Gasteiger partial charge in [-0.15, -0.1) is 0 Å². The van der Waals surface area contributed by atoms with Crippen LogP contribution in [0.3, 0.4) is 0 Å². The summed E-state index contributed by atoms with van der Waals surface area (Å²) in [5.74, 6) is 0.129. The number of amidine groups is 1. The summed E-state index contributed by atoms with van der Waals surface area (Å²) in [7, 11) is 0. The van der Waals surface area contributed by atoms with Crippen LogP contribution in [0, 0.1) is 0 Å². The second kappa shape index (κ2) is 5.70. The quantitative estimate of drug-likeness (QED) is 0.325. The second-order valence-corrected chi connectivity index (χ2v) is 4.92. The number of aromatic nitrogens is 3. The molecule has 0 aliphatic rings. The van der Waals surface area contributed by atoms with Crippen molar-refractivity contribution in [2.75, 3.05) is 0 Å². The Balaban J connectivity index is 1.74. The van der Waals surface area contributed by atoms with Gasteiger partial charge in [-0.25, -0.2) is 4.98 Å². The van der Waals surface area contributed by atoms with E-state index in [4.69, 9.17) is 10.9 Å². The number of fused-ring (bicyclic) bond motifs is 1. The fraction of sp³-hybridized carbons (Fsp3) is 0.200. The Morgan fingerprint density at radius 1 is 1.24 bits per heavy atom. The number of hydrogen-bond acceptors (Lipinski definition) is 3. The van der Waals surface area contributed by atoms with Crippen molar-refractivity contribution in [2.45, 2.75) is 19.5 Å². The molecule has 0 fully saturated rings. The van der Waals surface area contributed by atoms with E-state index in [2.05, 4.69) is 25.5 Å². The van der Waals surface area contributed by atoms with Gasteiger partial charge in [-0.3, -0.25) is 0 Å². The van der Waals surface area contributed by atoms with Crippen molar-refractivity contribution >= 4 is 16.7 Å². The Hall–Kier alpha value is -2.76. The Morgan fingerprint density at radius 2 is 2.14 bits per heavy atom. The summed E-state index contributed by atoms with van der Waals surface area (Å²) in [5, 5.41) is 12.8. The van der Waals surface area contributed by atoms with Gasteiger partial charge >= 0.3 is 0 Å². The zero-order chi connectivity index (χ0) is 14.7. The van der Waals surface area contributed by atoms with Crippen molar-refractivity contribution in [1.29, 1.82) is 0 Å². The molecule has 6 heteroatoms. The highest BCUT2D eigenvalue weighted by molar-refractivity contribution is 6.00. The molecule has 0 spiro atoms. The van der Waals surface area contributed by atoms with Gasteiger partial charge in [0, 0.05) is 48.1 Å². The van der Waals surface area contributed by atoms with Gasteiger partial charge in [0.05, 0.1) is 6.33 Å². The van der Waals surface area contributed by atoms with E-state index in [1.54, 1.807) is 6.20 Å². The highest BCUT2D eigenvalue weighted by Gasteiger charge is 2.05. The van der Waals surface area contributed by atoms with Gasteiger partial charge in [0.15, 0.2) is 5.84 Å². The summed E-state index contributed by atoms with van der Waals surface area (Å²) in [5.41, 5.74) is 7.48. The molecule has 0 amide bonds. The van der Waals surface area contributed by atoms with E-state index in [1.165, 1.54) is 0 Å². The molecule has 0 aliphatic carbocycles. The minimum absolute atomic E-state index is 0.129. The van der Waals surface area contributed by atoms with Gasteiger partial charge in [-0.1, -0.05) is 5.16 Å².